The Labute approximate surface area is 129 Å². The third-order valence-corrected chi connectivity index (χ3v) is 3.13. The molecule has 22 heavy (non-hydrogen) atoms. The van der Waals surface area contributed by atoms with E-state index in [-0.39, 0.29) is 11.5 Å². The number of hydrogen-bond donors (Lipinski definition) is 2. The molecule has 0 aliphatic heterocycles. The van der Waals surface area contributed by atoms with E-state index in [0.29, 0.717) is 24.5 Å². The summed E-state index contributed by atoms with van der Waals surface area (Å²) in [5.41, 5.74) is 5.63. The second-order valence-electron chi connectivity index (χ2n) is 6.45. The van der Waals surface area contributed by atoms with Crippen molar-refractivity contribution >= 4 is 5.96 Å². The molecule has 6 heteroatoms. The van der Waals surface area contributed by atoms with Gasteiger partial charge in [-0.1, -0.05) is 25.1 Å². The first kappa shape index (κ1) is 18.3. The fraction of sp³-hybridized carbons (Fsp3) is 0.562. The van der Waals surface area contributed by atoms with Crippen molar-refractivity contribution in [2.75, 3.05) is 6.54 Å². The monoisotopic (exact) mass is 315 g/mol. The van der Waals surface area contributed by atoms with E-state index in [4.69, 9.17) is 5.73 Å². The van der Waals surface area contributed by atoms with Crippen LogP contribution in [0.4, 0.5) is 13.2 Å². The quantitative estimate of drug-likeness (QED) is 0.654. The number of alkyl halides is 3. The van der Waals surface area contributed by atoms with Crippen molar-refractivity contribution in [3.63, 3.8) is 0 Å². The van der Waals surface area contributed by atoms with Crippen LogP contribution >= 0.6 is 0 Å². The van der Waals surface area contributed by atoms with Gasteiger partial charge in [0.25, 0.3) is 0 Å². The van der Waals surface area contributed by atoms with Crippen LogP contribution in [0.1, 0.15) is 51.2 Å². The highest BCUT2D eigenvalue weighted by molar-refractivity contribution is 5.78. The minimum absolute atomic E-state index is 0.0199. The first-order valence-corrected chi connectivity index (χ1v) is 7.24. The molecule has 0 spiro atoms. The smallest absolute Gasteiger partial charge is 0.370 e. The number of hydrogen-bond acceptors (Lipinski definition) is 1. The highest BCUT2D eigenvalue weighted by atomic mass is 19.4. The maximum atomic E-state index is 12.7. The van der Waals surface area contributed by atoms with Crippen LogP contribution in [0.25, 0.3) is 0 Å². The minimum Gasteiger partial charge on any atom is -0.370 e. The third-order valence-electron chi connectivity index (χ3n) is 3.13. The van der Waals surface area contributed by atoms with Gasteiger partial charge in [0.05, 0.1) is 5.56 Å². The standard InChI is InChI=1S/C16H24F3N3/c1-11(8-9-21-14(20)22-15(2,3)4)12-6-5-7-13(10-12)16(17,18)19/h5-7,10-11H,8-9H2,1-4H3,(H3,20,21,22). The van der Waals surface area contributed by atoms with Gasteiger partial charge in [0.1, 0.15) is 0 Å². The van der Waals surface area contributed by atoms with Crippen molar-refractivity contribution in [3.05, 3.63) is 35.4 Å². The Bertz CT molecular complexity index is 516. The summed E-state index contributed by atoms with van der Waals surface area (Å²) in [5, 5.41) is 3.04. The van der Waals surface area contributed by atoms with Gasteiger partial charge in [0.2, 0.25) is 0 Å². The molecule has 1 rings (SSSR count). The number of rotatable bonds is 4. The molecule has 0 heterocycles. The van der Waals surface area contributed by atoms with Gasteiger partial charge >= 0.3 is 6.18 Å². The predicted octanol–water partition coefficient (Wildman–Crippen LogP) is 3.90. The number of nitrogens with one attached hydrogen (secondary N) is 1. The molecule has 124 valence electrons. The lowest BCUT2D eigenvalue weighted by Crippen LogP contribution is -2.45. The molecule has 0 amide bonds. The van der Waals surface area contributed by atoms with E-state index in [1.807, 2.05) is 27.7 Å². The van der Waals surface area contributed by atoms with E-state index in [0.717, 1.165) is 6.07 Å². The average Bonchev–Trinajstić information content (AvgIpc) is 2.35. The summed E-state index contributed by atoms with van der Waals surface area (Å²) in [4.78, 5) is 4.21. The van der Waals surface area contributed by atoms with Crippen molar-refractivity contribution in [1.29, 1.82) is 0 Å². The van der Waals surface area contributed by atoms with Gasteiger partial charge in [-0.3, -0.25) is 4.99 Å². The van der Waals surface area contributed by atoms with Crippen LogP contribution in [0.15, 0.2) is 29.3 Å². The van der Waals surface area contributed by atoms with E-state index in [2.05, 4.69) is 10.3 Å². The highest BCUT2D eigenvalue weighted by Crippen LogP contribution is 2.31. The number of halogens is 3. The molecular weight excluding hydrogens is 291 g/mol. The second-order valence-corrected chi connectivity index (χ2v) is 6.45. The zero-order chi connectivity index (χ0) is 17.0. The zero-order valence-corrected chi connectivity index (χ0v) is 13.5. The van der Waals surface area contributed by atoms with Crippen LogP contribution in [0.5, 0.6) is 0 Å². The summed E-state index contributed by atoms with van der Waals surface area (Å²) in [6.07, 6.45) is -3.68. The molecule has 0 aliphatic rings. The summed E-state index contributed by atoms with van der Waals surface area (Å²) in [7, 11) is 0. The molecule has 0 aliphatic carbocycles. The molecule has 0 fully saturated rings. The maximum absolute atomic E-state index is 12.7. The van der Waals surface area contributed by atoms with Crippen LogP contribution in [-0.4, -0.2) is 18.0 Å². The van der Waals surface area contributed by atoms with Gasteiger partial charge in [-0.05, 0) is 44.7 Å². The predicted molar refractivity (Wildman–Crippen MR) is 83.9 cm³/mol. The SMILES string of the molecule is CC(CCN=C(N)NC(C)(C)C)c1cccc(C(F)(F)F)c1. The van der Waals surface area contributed by atoms with Gasteiger partial charge in [0.15, 0.2) is 5.96 Å². The summed E-state index contributed by atoms with van der Waals surface area (Å²) >= 11 is 0. The average molecular weight is 315 g/mol. The Morgan fingerprint density at radius 3 is 2.45 bits per heavy atom. The van der Waals surface area contributed by atoms with Crippen LogP contribution in [0.2, 0.25) is 0 Å². The van der Waals surface area contributed by atoms with Crippen molar-refractivity contribution < 1.29 is 13.2 Å². The lowest BCUT2D eigenvalue weighted by molar-refractivity contribution is -0.137. The first-order chi connectivity index (χ1) is 9.99. The van der Waals surface area contributed by atoms with Gasteiger partial charge < -0.3 is 11.1 Å². The van der Waals surface area contributed by atoms with Gasteiger partial charge in [0, 0.05) is 12.1 Å². The Morgan fingerprint density at radius 2 is 1.91 bits per heavy atom. The lowest BCUT2D eigenvalue weighted by atomic mass is 9.96. The van der Waals surface area contributed by atoms with Gasteiger partial charge in [-0.2, -0.15) is 13.2 Å². The fourth-order valence-electron chi connectivity index (χ4n) is 1.99. The summed E-state index contributed by atoms with van der Waals surface area (Å²) in [6, 6.07) is 5.43. The molecule has 3 N–H and O–H groups in total. The van der Waals surface area contributed by atoms with Gasteiger partial charge in [-0.15, -0.1) is 0 Å². The van der Waals surface area contributed by atoms with Crippen LogP contribution in [0, 0.1) is 0 Å². The number of aliphatic imine (C=N–C) groups is 1. The van der Waals surface area contributed by atoms with Gasteiger partial charge in [-0.25, -0.2) is 0 Å². The molecule has 0 bridgehead atoms. The topological polar surface area (TPSA) is 50.4 Å². The number of nitrogens with two attached hydrogens (primary N) is 1. The van der Waals surface area contributed by atoms with E-state index in [1.54, 1.807) is 6.07 Å². The summed E-state index contributed by atoms with van der Waals surface area (Å²) < 4.78 is 38.1. The van der Waals surface area contributed by atoms with Crippen LogP contribution in [-0.2, 0) is 6.18 Å². The molecular formula is C16H24F3N3. The van der Waals surface area contributed by atoms with Crippen molar-refractivity contribution in [2.24, 2.45) is 10.7 Å². The largest absolute Gasteiger partial charge is 0.416 e. The lowest BCUT2D eigenvalue weighted by Gasteiger charge is -2.21. The minimum atomic E-state index is -4.31. The Morgan fingerprint density at radius 1 is 1.27 bits per heavy atom. The van der Waals surface area contributed by atoms with E-state index >= 15 is 0 Å². The number of guanidine groups is 1. The summed E-state index contributed by atoms with van der Waals surface area (Å²) in [6.45, 7) is 8.27. The molecule has 0 saturated carbocycles. The Hall–Kier alpha value is -1.72. The van der Waals surface area contributed by atoms with Crippen molar-refractivity contribution in [1.82, 2.24) is 5.32 Å². The number of benzene rings is 1. The normalized spacial score (nSPS) is 14.8. The molecule has 0 saturated heterocycles. The Kier molecular flexibility index (Phi) is 5.85. The van der Waals surface area contributed by atoms with Crippen LogP contribution in [0.3, 0.4) is 0 Å². The molecule has 0 radical (unpaired) electrons. The third kappa shape index (κ3) is 6.37. The second kappa shape index (κ2) is 7.03. The van der Waals surface area contributed by atoms with E-state index in [1.165, 1.54) is 12.1 Å². The molecule has 1 unspecified atom stereocenters. The molecule has 0 aromatic heterocycles. The maximum Gasteiger partial charge on any atom is 0.416 e. The van der Waals surface area contributed by atoms with Crippen molar-refractivity contribution in [3.8, 4) is 0 Å². The van der Waals surface area contributed by atoms with E-state index < -0.39 is 11.7 Å². The molecule has 1 aromatic rings. The summed E-state index contributed by atoms with van der Waals surface area (Å²) in [5.74, 6) is 0.331. The molecule has 1 aromatic carbocycles. The molecule has 3 nitrogen and oxygen atoms in total. The number of nitrogens with zero attached hydrogens (tertiary/aromatic N) is 1. The van der Waals surface area contributed by atoms with E-state index in [9.17, 15) is 13.2 Å². The fourth-order valence-corrected chi connectivity index (χ4v) is 1.99. The highest BCUT2D eigenvalue weighted by Gasteiger charge is 2.30. The van der Waals surface area contributed by atoms with Crippen molar-refractivity contribution in [2.45, 2.75) is 51.7 Å². The first-order valence-electron chi connectivity index (χ1n) is 7.24. The Balaban J connectivity index is 2.63. The molecule has 1 atom stereocenters. The van der Waals surface area contributed by atoms with Crippen LogP contribution < -0.4 is 11.1 Å². The zero-order valence-electron chi connectivity index (χ0n) is 13.5.